The average molecular weight is 231 g/mol. The Labute approximate surface area is 101 Å². The van der Waals surface area contributed by atoms with Crippen LogP contribution in [-0.4, -0.2) is 24.2 Å². The van der Waals surface area contributed by atoms with Gasteiger partial charge in [-0.2, -0.15) is 0 Å². The summed E-state index contributed by atoms with van der Waals surface area (Å²) in [6, 6.07) is 8.10. The van der Waals surface area contributed by atoms with Gasteiger partial charge in [0.1, 0.15) is 0 Å². The van der Waals surface area contributed by atoms with Gasteiger partial charge in [0.15, 0.2) is 0 Å². The van der Waals surface area contributed by atoms with Crippen molar-refractivity contribution < 1.29 is 9.90 Å². The van der Waals surface area contributed by atoms with Crippen molar-refractivity contribution in [3.05, 3.63) is 35.4 Å². The van der Waals surface area contributed by atoms with Gasteiger partial charge in [-0.3, -0.25) is 4.79 Å². The molecule has 1 atom stereocenters. The number of carbonyl (C=O) groups is 1. The molecule has 0 aromatic heterocycles. The summed E-state index contributed by atoms with van der Waals surface area (Å²) in [5, 5.41) is 12.2. The Morgan fingerprint density at radius 1 is 1.41 bits per heavy atom. The van der Waals surface area contributed by atoms with Crippen molar-refractivity contribution in [3.63, 3.8) is 0 Å². The Morgan fingerprint density at radius 2 is 2.18 bits per heavy atom. The largest absolute Gasteiger partial charge is 0.396 e. The van der Waals surface area contributed by atoms with Crippen molar-refractivity contribution in [2.45, 2.75) is 25.2 Å². The minimum atomic E-state index is -0.00107. The smallest absolute Gasteiger partial charge is 0.227 e. The Bertz CT molecular complexity index is 451. The standard InChI is InChI=1S/C14H17NO2/c16-9-14(5-6-14)8-15-13(17)12-7-10-3-1-2-4-11(10)12/h1-4,12,16H,5-9H2,(H,15,17). The van der Waals surface area contributed by atoms with E-state index in [0.29, 0.717) is 6.54 Å². The predicted octanol–water partition coefficient (Wildman–Crippen LogP) is 1.21. The first-order valence-corrected chi connectivity index (χ1v) is 6.20. The molecule has 0 bridgehead atoms. The Morgan fingerprint density at radius 3 is 2.82 bits per heavy atom. The Balaban J connectivity index is 1.58. The molecule has 1 unspecified atom stereocenters. The van der Waals surface area contributed by atoms with Crippen LogP contribution in [-0.2, 0) is 11.2 Å². The molecule has 0 radical (unpaired) electrons. The zero-order chi connectivity index (χ0) is 11.9. The van der Waals surface area contributed by atoms with Crippen molar-refractivity contribution in [1.29, 1.82) is 0 Å². The number of benzene rings is 1. The number of carbonyl (C=O) groups excluding carboxylic acids is 1. The summed E-state index contributed by atoms with van der Waals surface area (Å²) in [5.74, 6) is 0.143. The molecule has 2 aliphatic rings. The van der Waals surface area contributed by atoms with Gasteiger partial charge in [0.2, 0.25) is 5.91 Å². The number of fused-ring (bicyclic) bond motifs is 1. The van der Waals surface area contributed by atoms with E-state index < -0.39 is 0 Å². The van der Waals surface area contributed by atoms with Gasteiger partial charge in [0.05, 0.1) is 12.5 Å². The molecule has 1 aromatic rings. The third-order valence-electron chi connectivity index (χ3n) is 4.10. The lowest BCUT2D eigenvalue weighted by molar-refractivity contribution is -0.123. The van der Waals surface area contributed by atoms with Gasteiger partial charge in [0, 0.05) is 12.0 Å². The quantitative estimate of drug-likeness (QED) is 0.818. The second-order valence-electron chi connectivity index (χ2n) is 5.33. The Hall–Kier alpha value is -1.35. The lowest BCUT2D eigenvalue weighted by Crippen LogP contribution is -2.39. The summed E-state index contributed by atoms with van der Waals surface area (Å²) in [6.07, 6.45) is 2.92. The van der Waals surface area contributed by atoms with Gasteiger partial charge in [-0.05, 0) is 30.4 Å². The van der Waals surface area contributed by atoms with Crippen LogP contribution in [0.2, 0.25) is 0 Å². The minimum Gasteiger partial charge on any atom is -0.396 e. The summed E-state index contributed by atoms with van der Waals surface area (Å²) >= 11 is 0. The number of hydrogen-bond acceptors (Lipinski definition) is 2. The van der Waals surface area contributed by atoms with Crippen LogP contribution < -0.4 is 5.32 Å². The number of amides is 1. The molecule has 90 valence electrons. The molecule has 2 aliphatic carbocycles. The maximum absolute atomic E-state index is 12.0. The van der Waals surface area contributed by atoms with Gasteiger partial charge >= 0.3 is 0 Å². The molecular formula is C14H17NO2. The van der Waals surface area contributed by atoms with E-state index in [9.17, 15) is 9.90 Å². The second-order valence-corrected chi connectivity index (χ2v) is 5.33. The fraction of sp³-hybridized carbons (Fsp3) is 0.500. The van der Waals surface area contributed by atoms with E-state index in [1.165, 1.54) is 11.1 Å². The summed E-state index contributed by atoms with van der Waals surface area (Å²) in [7, 11) is 0. The van der Waals surface area contributed by atoms with E-state index in [-0.39, 0.29) is 23.8 Å². The molecule has 1 aromatic carbocycles. The third kappa shape index (κ3) is 1.84. The van der Waals surface area contributed by atoms with Crippen LogP contribution in [0.25, 0.3) is 0 Å². The third-order valence-corrected chi connectivity index (χ3v) is 4.10. The molecule has 3 heteroatoms. The van der Waals surface area contributed by atoms with Crippen LogP contribution in [0, 0.1) is 5.41 Å². The number of nitrogens with one attached hydrogen (secondary N) is 1. The van der Waals surface area contributed by atoms with Crippen molar-refractivity contribution >= 4 is 5.91 Å². The lowest BCUT2D eigenvalue weighted by atomic mass is 9.77. The first kappa shape index (κ1) is 10.8. The monoisotopic (exact) mass is 231 g/mol. The highest BCUT2D eigenvalue weighted by Gasteiger charge is 2.43. The lowest BCUT2D eigenvalue weighted by Gasteiger charge is -2.29. The molecular weight excluding hydrogens is 214 g/mol. The molecule has 0 heterocycles. The van der Waals surface area contributed by atoms with E-state index in [1.807, 2.05) is 18.2 Å². The van der Waals surface area contributed by atoms with Gasteiger partial charge in [0.25, 0.3) is 0 Å². The van der Waals surface area contributed by atoms with Crippen molar-refractivity contribution in [2.75, 3.05) is 13.2 Å². The average Bonchev–Trinajstić information content (AvgIpc) is 3.09. The van der Waals surface area contributed by atoms with Crippen LogP contribution in [0.4, 0.5) is 0 Å². The fourth-order valence-corrected chi connectivity index (χ4v) is 2.46. The van der Waals surface area contributed by atoms with E-state index in [4.69, 9.17) is 0 Å². The van der Waals surface area contributed by atoms with E-state index in [0.717, 1.165) is 19.3 Å². The molecule has 0 saturated heterocycles. The molecule has 0 spiro atoms. The van der Waals surface area contributed by atoms with Crippen LogP contribution >= 0.6 is 0 Å². The van der Waals surface area contributed by atoms with Crippen LogP contribution in [0.5, 0.6) is 0 Å². The number of rotatable bonds is 4. The summed E-state index contributed by atoms with van der Waals surface area (Å²) in [5.41, 5.74) is 2.45. The normalized spacial score (nSPS) is 23.5. The molecule has 1 amide bonds. The van der Waals surface area contributed by atoms with Gasteiger partial charge in [-0.1, -0.05) is 24.3 Å². The van der Waals surface area contributed by atoms with Crippen LogP contribution in [0.15, 0.2) is 24.3 Å². The molecule has 0 aliphatic heterocycles. The number of hydrogen-bond donors (Lipinski definition) is 2. The number of aliphatic hydroxyl groups is 1. The molecule has 2 N–H and O–H groups in total. The summed E-state index contributed by atoms with van der Waals surface area (Å²) < 4.78 is 0. The topological polar surface area (TPSA) is 49.3 Å². The van der Waals surface area contributed by atoms with Crippen LogP contribution in [0.3, 0.4) is 0 Å². The first-order valence-electron chi connectivity index (χ1n) is 6.20. The van der Waals surface area contributed by atoms with Gasteiger partial charge in [-0.25, -0.2) is 0 Å². The predicted molar refractivity (Wildman–Crippen MR) is 64.6 cm³/mol. The Kier molecular flexibility index (Phi) is 2.44. The van der Waals surface area contributed by atoms with E-state index in [1.54, 1.807) is 0 Å². The van der Waals surface area contributed by atoms with Crippen molar-refractivity contribution in [2.24, 2.45) is 5.41 Å². The maximum Gasteiger partial charge on any atom is 0.227 e. The van der Waals surface area contributed by atoms with Crippen molar-refractivity contribution in [1.82, 2.24) is 5.32 Å². The molecule has 1 saturated carbocycles. The summed E-state index contributed by atoms with van der Waals surface area (Å²) in [4.78, 5) is 12.0. The highest BCUT2D eigenvalue weighted by molar-refractivity contribution is 5.86. The molecule has 3 rings (SSSR count). The molecule has 17 heavy (non-hydrogen) atoms. The van der Waals surface area contributed by atoms with Gasteiger partial charge < -0.3 is 10.4 Å². The fourth-order valence-electron chi connectivity index (χ4n) is 2.46. The highest BCUT2D eigenvalue weighted by Crippen LogP contribution is 2.44. The molecule has 1 fully saturated rings. The summed E-state index contributed by atoms with van der Waals surface area (Å²) in [6.45, 7) is 0.815. The van der Waals surface area contributed by atoms with Gasteiger partial charge in [-0.15, -0.1) is 0 Å². The molecule has 3 nitrogen and oxygen atoms in total. The van der Waals surface area contributed by atoms with Crippen LogP contribution in [0.1, 0.15) is 29.9 Å². The highest BCUT2D eigenvalue weighted by atomic mass is 16.3. The van der Waals surface area contributed by atoms with Crippen molar-refractivity contribution in [3.8, 4) is 0 Å². The first-order chi connectivity index (χ1) is 8.24. The zero-order valence-electron chi connectivity index (χ0n) is 9.78. The minimum absolute atomic E-state index is 0.00107. The van der Waals surface area contributed by atoms with E-state index in [2.05, 4.69) is 11.4 Å². The SMILES string of the molecule is O=C(NCC1(CO)CC1)C1Cc2ccccc21. The maximum atomic E-state index is 12.0. The zero-order valence-corrected chi connectivity index (χ0v) is 9.78. The number of aliphatic hydroxyl groups excluding tert-OH is 1. The second kappa shape index (κ2) is 3.84. The van der Waals surface area contributed by atoms with E-state index >= 15 is 0 Å².